The quantitative estimate of drug-likeness (QED) is 0.795. The molecule has 0 bridgehead atoms. The number of esters is 1. The number of anilines is 1. The van der Waals surface area contributed by atoms with Crippen molar-refractivity contribution in [1.29, 1.82) is 0 Å². The van der Waals surface area contributed by atoms with Crippen LogP contribution in [0.4, 0.5) is 10.1 Å². The summed E-state index contributed by atoms with van der Waals surface area (Å²) in [6.45, 7) is 3.69. The SMILES string of the molecule is CCOC(=O)C1CCN(c2ccc(OC)c(F)c2)CC1. The average molecular weight is 281 g/mol. The van der Waals surface area contributed by atoms with Crippen LogP contribution in [0.1, 0.15) is 19.8 Å². The standard InChI is InChI=1S/C15H20FNO3/c1-3-20-15(18)11-6-8-17(9-7-11)12-4-5-14(19-2)13(16)10-12/h4-5,10-11H,3,6-9H2,1-2H3. The van der Waals surface area contributed by atoms with Gasteiger partial charge in [-0.25, -0.2) is 4.39 Å². The molecule has 0 unspecified atom stereocenters. The van der Waals surface area contributed by atoms with Crippen LogP contribution in [-0.2, 0) is 9.53 Å². The minimum atomic E-state index is -0.363. The van der Waals surface area contributed by atoms with Crippen molar-refractivity contribution in [3.8, 4) is 5.75 Å². The number of carbonyl (C=O) groups is 1. The van der Waals surface area contributed by atoms with Crippen LogP contribution < -0.4 is 9.64 Å². The fourth-order valence-corrected chi connectivity index (χ4v) is 2.49. The number of carbonyl (C=O) groups excluding carboxylic acids is 1. The van der Waals surface area contributed by atoms with Crippen LogP contribution in [0.5, 0.6) is 5.75 Å². The highest BCUT2D eigenvalue weighted by molar-refractivity contribution is 5.72. The van der Waals surface area contributed by atoms with Gasteiger partial charge < -0.3 is 14.4 Å². The summed E-state index contributed by atoms with van der Waals surface area (Å²) in [7, 11) is 1.45. The zero-order chi connectivity index (χ0) is 14.5. The van der Waals surface area contributed by atoms with Gasteiger partial charge in [0.1, 0.15) is 0 Å². The average Bonchev–Trinajstić information content (AvgIpc) is 2.47. The minimum Gasteiger partial charge on any atom is -0.494 e. The first-order chi connectivity index (χ1) is 9.65. The van der Waals surface area contributed by atoms with Gasteiger partial charge in [0.05, 0.1) is 19.6 Å². The van der Waals surface area contributed by atoms with E-state index in [0.717, 1.165) is 31.6 Å². The second kappa shape index (κ2) is 6.59. The molecule has 110 valence electrons. The number of nitrogens with zero attached hydrogens (tertiary/aromatic N) is 1. The number of hydrogen-bond acceptors (Lipinski definition) is 4. The molecule has 1 aromatic rings. The highest BCUT2D eigenvalue weighted by Gasteiger charge is 2.26. The summed E-state index contributed by atoms with van der Waals surface area (Å²) in [6, 6.07) is 4.94. The molecule has 0 saturated carbocycles. The van der Waals surface area contributed by atoms with Gasteiger partial charge in [-0.1, -0.05) is 0 Å². The highest BCUT2D eigenvalue weighted by Crippen LogP contribution is 2.27. The maximum Gasteiger partial charge on any atom is 0.309 e. The van der Waals surface area contributed by atoms with Gasteiger partial charge in [0.25, 0.3) is 0 Å². The number of benzene rings is 1. The Hall–Kier alpha value is -1.78. The lowest BCUT2D eigenvalue weighted by Crippen LogP contribution is -2.37. The molecule has 0 spiro atoms. The number of rotatable bonds is 4. The van der Waals surface area contributed by atoms with Crippen LogP contribution in [0.3, 0.4) is 0 Å². The zero-order valence-corrected chi connectivity index (χ0v) is 11.9. The Morgan fingerprint density at radius 3 is 2.65 bits per heavy atom. The molecular weight excluding hydrogens is 261 g/mol. The molecule has 20 heavy (non-hydrogen) atoms. The molecule has 0 radical (unpaired) electrons. The van der Waals surface area contributed by atoms with E-state index in [2.05, 4.69) is 4.90 Å². The Morgan fingerprint density at radius 1 is 1.40 bits per heavy atom. The second-order valence-electron chi connectivity index (χ2n) is 4.83. The summed E-state index contributed by atoms with van der Waals surface area (Å²) in [4.78, 5) is 13.7. The number of methoxy groups -OCH3 is 1. The number of halogens is 1. The Bertz CT molecular complexity index is 470. The normalized spacial score (nSPS) is 16.1. The molecular formula is C15H20FNO3. The Balaban J connectivity index is 1.97. The molecule has 1 fully saturated rings. The van der Waals surface area contributed by atoms with E-state index in [1.807, 2.05) is 13.0 Å². The van der Waals surface area contributed by atoms with Crippen molar-refractivity contribution in [2.45, 2.75) is 19.8 Å². The third-order valence-electron chi connectivity index (χ3n) is 3.62. The van der Waals surface area contributed by atoms with E-state index in [-0.39, 0.29) is 23.5 Å². The molecule has 4 nitrogen and oxygen atoms in total. The van der Waals surface area contributed by atoms with Gasteiger partial charge in [-0.3, -0.25) is 4.79 Å². The molecule has 2 rings (SSSR count). The lowest BCUT2D eigenvalue weighted by molar-refractivity contribution is -0.148. The lowest BCUT2D eigenvalue weighted by Gasteiger charge is -2.32. The Morgan fingerprint density at radius 2 is 2.10 bits per heavy atom. The monoisotopic (exact) mass is 281 g/mol. The lowest BCUT2D eigenvalue weighted by atomic mass is 9.96. The van der Waals surface area contributed by atoms with E-state index < -0.39 is 0 Å². The molecule has 0 amide bonds. The van der Waals surface area contributed by atoms with Gasteiger partial charge in [-0.2, -0.15) is 0 Å². The van der Waals surface area contributed by atoms with Crippen molar-refractivity contribution < 1.29 is 18.7 Å². The van der Waals surface area contributed by atoms with Gasteiger partial charge in [0.15, 0.2) is 11.6 Å². The summed E-state index contributed by atoms with van der Waals surface area (Å²) in [5.41, 5.74) is 0.825. The van der Waals surface area contributed by atoms with E-state index in [0.29, 0.717) is 6.61 Å². The smallest absolute Gasteiger partial charge is 0.309 e. The maximum absolute atomic E-state index is 13.7. The third kappa shape index (κ3) is 3.21. The first-order valence-corrected chi connectivity index (χ1v) is 6.90. The van der Waals surface area contributed by atoms with Crippen LogP contribution in [0.15, 0.2) is 18.2 Å². The second-order valence-corrected chi connectivity index (χ2v) is 4.83. The van der Waals surface area contributed by atoms with Gasteiger partial charge in [0.2, 0.25) is 0 Å². The maximum atomic E-state index is 13.7. The fourth-order valence-electron chi connectivity index (χ4n) is 2.49. The third-order valence-corrected chi connectivity index (χ3v) is 3.62. The largest absolute Gasteiger partial charge is 0.494 e. The van der Waals surface area contributed by atoms with Crippen molar-refractivity contribution in [2.24, 2.45) is 5.92 Å². The van der Waals surface area contributed by atoms with Crippen molar-refractivity contribution in [3.63, 3.8) is 0 Å². The van der Waals surface area contributed by atoms with Crippen molar-refractivity contribution >= 4 is 11.7 Å². The molecule has 5 heteroatoms. The number of hydrogen-bond donors (Lipinski definition) is 0. The number of ether oxygens (including phenoxy) is 2. The molecule has 1 aliphatic heterocycles. The minimum absolute atomic E-state index is 0.0331. The van der Waals surface area contributed by atoms with Crippen LogP contribution >= 0.6 is 0 Å². The molecule has 1 aliphatic rings. The molecule has 0 N–H and O–H groups in total. The Kier molecular flexibility index (Phi) is 4.82. The molecule has 1 saturated heterocycles. The predicted molar refractivity (Wildman–Crippen MR) is 74.5 cm³/mol. The Labute approximate surface area is 118 Å². The fraction of sp³-hybridized carbons (Fsp3) is 0.533. The van der Waals surface area contributed by atoms with Crippen LogP contribution in [-0.4, -0.2) is 32.8 Å². The van der Waals surface area contributed by atoms with Crippen LogP contribution in [0.2, 0.25) is 0 Å². The topological polar surface area (TPSA) is 38.8 Å². The van der Waals surface area contributed by atoms with Gasteiger partial charge >= 0.3 is 5.97 Å². The molecule has 1 aromatic carbocycles. The predicted octanol–water partition coefficient (Wildman–Crippen LogP) is 2.61. The number of piperidine rings is 1. The van der Waals surface area contributed by atoms with Crippen molar-refractivity contribution in [3.05, 3.63) is 24.0 Å². The molecule has 0 atom stereocenters. The van der Waals surface area contributed by atoms with E-state index >= 15 is 0 Å². The van der Waals surface area contributed by atoms with Crippen molar-refractivity contribution in [2.75, 3.05) is 31.7 Å². The van der Waals surface area contributed by atoms with E-state index in [4.69, 9.17) is 9.47 Å². The van der Waals surface area contributed by atoms with Gasteiger partial charge in [-0.15, -0.1) is 0 Å². The zero-order valence-electron chi connectivity index (χ0n) is 11.9. The van der Waals surface area contributed by atoms with E-state index in [1.165, 1.54) is 13.2 Å². The van der Waals surface area contributed by atoms with Crippen LogP contribution in [0.25, 0.3) is 0 Å². The summed E-state index contributed by atoms with van der Waals surface area (Å²) in [5, 5.41) is 0. The molecule has 1 heterocycles. The van der Waals surface area contributed by atoms with E-state index in [1.54, 1.807) is 6.07 Å². The van der Waals surface area contributed by atoms with Crippen molar-refractivity contribution in [1.82, 2.24) is 0 Å². The van der Waals surface area contributed by atoms with Gasteiger partial charge in [0, 0.05) is 24.8 Å². The first kappa shape index (κ1) is 14.6. The summed E-state index contributed by atoms with van der Waals surface area (Å²) in [6.07, 6.45) is 1.49. The highest BCUT2D eigenvalue weighted by atomic mass is 19.1. The van der Waals surface area contributed by atoms with Crippen LogP contribution in [0, 0.1) is 11.7 Å². The molecule has 0 aromatic heterocycles. The summed E-state index contributed by atoms with van der Waals surface area (Å²) < 4.78 is 23.6. The first-order valence-electron chi connectivity index (χ1n) is 6.90. The summed E-state index contributed by atoms with van der Waals surface area (Å²) >= 11 is 0. The molecule has 0 aliphatic carbocycles. The van der Waals surface area contributed by atoms with Gasteiger partial charge in [-0.05, 0) is 31.9 Å². The van der Waals surface area contributed by atoms with E-state index in [9.17, 15) is 9.18 Å². The summed E-state index contributed by atoms with van der Waals surface area (Å²) in [5.74, 6) is -0.268.